The molecule has 0 spiro atoms. The molecule has 2 aliphatic heterocycles. The Balaban J connectivity index is 1.13. The number of carboxylic acid groups (broad SMARTS) is 2. The van der Waals surface area contributed by atoms with E-state index in [4.69, 9.17) is 17.2 Å². The number of aliphatic imine (C=N–C) groups is 1. The topological polar surface area (TPSA) is 372 Å². The van der Waals surface area contributed by atoms with E-state index in [2.05, 4.69) is 26.3 Å². The van der Waals surface area contributed by atoms with E-state index in [9.17, 15) is 58.6 Å². The Morgan fingerprint density at radius 2 is 1.23 bits per heavy atom. The molecule has 5 rings (SSSR count). The van der Waals surface area contributed by atoms with Crippen LogP contribution in [0.15, 0.2) is 41.4 Å². The molecule has 3 aliphatic rings. The number of likely N-dealkylation sites (tertiary alicyclic amines) is 1. The van der Waals surface area contributed by atoms with Gasteiger partial charge in [-0.3, -0.25) is 62.9 Å². The normalized spacial score (nSPS) is 20.7. The summed E-state index contributed by atoms with van der Waals surface area (Å²) in [7, 11) is -1.68. The maximum absolute atomic E-state index is 13.9. The SMILES string of the molecule is C[C@@H](NC(=O)c1ccc(C(=O)NCCCCCNC(=O)C2(NC(=O)CN3CCN(CC(=O)O)CCN(CC(N)=O)CCN(CC(=O)O)CC3)CC2CCN=C(N)N)c2ccccc12)C(=O)N1CCC[C@H]1B(O)O. The van der Waals surface area contributed by atoms with Crippen LogP contribution in [0.1, 0.15) is 72.6 Å². The Hall–Kier alpha value is -6.45. The summed E-state index contributed by atoms with van der Waals surface area (Å²) in [5.74, 6) is -5.90. The molecule has 6 amide bonds. The second kappa shape index (κ2) is 27.6. The second-order valence-electron chi connectivity index (χ2n) is 19.0. The highest BCUT2D eigenvalue weighted by Gasteiger charge is 2.60. The van der Waals surface area contributed by atoms with Crippen LogP contribution >= 0.6 is 0 Å². The van der Waals surface area contributed by atoms with Crippen molar-refractivity contribution in [2.24, 2.45) is 28.1 Å². The van der Waals surface area contributed by atoms with Crippen molar-refractivity contribution in [1.82, 2.24) is 45.8 Å². The first-order valence-corrected chi connectivity index (χ1v) is 24.8. The summed E-state index contributed by atoms with van der Waals surface area (Å²) in [5, 5.41) is 51.3. The van der Waals surface area contributed by atoms with Crippen LogP contribution in [0.5, 0.6) is 0 Å². The summed E-state index contributed by atoms with van der Waals surface area (Å²) in [6.45, 7) is 4.08. The van der Waals surface area contributed by atoms with E-state index in [1.54, 1.807) is 49.9 Å². The lowest BCUT2D eigenvalue weighted by molar-refractivity contribution is -0.139. The highest BCUT2D eigenvalue weighted by molar-refractivity contribution is 6.43. The number of nitrogens with zero attached hydrogens (tertiary/aromatic N) is 6. The van der Waals surface area contributed by atoms with E-state index in [0.29, 0.717) is 87.5 Å². The van der Waals surface area contributed by atoms with E-state index in [-0.39, 0.29) is 108 Å². The molecule has 2 unspecified atom stereocenters. The highest BCUT2D eigenvalue weighted by Crippen LogP contribution is 2.46. The number of carbonyl (C=O) groups excluding carboxylic acids is 6. The van der Waals surface area contributed by atoms with Crippen molar-refractivity contribution >= 4 is 71.2 Å². The van der Waals surface area contributed by atoms with Gasteiger partial charge < -0.3 is 63.6 Å². The van der Waals surface area contributed by atoms with Crippen LogP contribution in [0.3, 0.4) is 0 Å². The molecular weight excluding hydrogens is 949 g/mol. The minimum atomic E-state index is -1.68. The number of primary amides is 1. The number of nitrogens with one attached hydrogen (secondary N) is 4. The number of nitrogens with two attached hydrogens (primary N) is 3. The summed E-state index contributed by atoms with van der Waals surface area (Å²) in [4.78, 5) is 115. The fourth-order valence-electron chi connectivity index (χ4n) is 9.56. The Bertz CT molecular complexity index is 2290. The standard InChI is InChI=1S/C47H72BN13O12/c1-31(44(70)61-17-7-10-37(61)48(72)73)55-43(69)36-12-11-35(33-8-3-4-9-34(33)36)42(68)52-14-5-2-6-15-53-45(71)47(26-32(47)13-16-54-46(50)51)56-39(63)28-58-20-24-59(29-40(64)65)22-18-57(27-38(49)62)19-23-60(25-21-58)30-41(66)67/h3-4,8-9,11-12,31-32,37,72-73H,2,5-7,10,13-30H2,1H3,(H2,49,62)(H,52,68)(H,53,71)(H,55,69)(H,56,63)(H,64,65)(H,66,67)(H4,50,51,54)/t31-,32?,37+,47?/m1/s1. The van der Waals surface area contributed by atoms with Crippen LogP contribution in [0.4, 0.5) is 0 Å². The Kier molecular flexibility index (Phi) is 21.7. The predicted molar refractivity (Wildman–Crippen MR) is 269 cm³/mol. The minimum Gasteiger partial charge on any atom is -0.480 e. The highest BCUT2D eigenvalue weighted by atomic mass is 16.4. The number of hydrogen-bond donors (Lipinski definition) is 11. The number of guanidine groups is 1. The lowest BCUT2D eigenvalue weighted by Crippen LogP contribution is -2.54. The lowest BCUT2D eigenvalue weighted by atomic mass is 9.78. The molecule has 73 heavy (non-hydrogen) atoms. The van der Waals surface area contributed by atoms with Crippen LogP contribution in [-0.2, 0) is 28.8 Å². The van der Waals surface area contributed by atoms with Crippen molar-refractivity contribution in [2.75, 3.05) is 105 Å². The molecule has 2 aromatic carbocycles. The van der Waals surface area contributed by atoms with Crippen LogP contribution in [0, 0.1) is 5.92 Å². The maximum Gasteiger partial charge on any atom is 0.475 e. The van der Waals surface area contributed by atoms with Gasteiger partial charge in [0.05, 0.1) is 32.1 Å². The Morgan fingerprint density at radius 1 is 0.712 bits per heavy atom. The number of rotatable bonds is 24. The number of amides is 6. The third-order valence-corrected chi connectivity index (χ3v) is 13.5. The van der Waals surface area contributed by atoms with E-state index in [1.165, 1.54) is 17.9 Å². The van der Waals surface area contributed by atoms with E-state index in [0.717, 1.165) is 0 Å². The number of carboxylic acids is 2. The largest absolute Gasteiger partial charge is 0.480 e. The van der Waals surface area contributed by atoms with E-state index < -0.39 is 60.2 Å². The molecule has 14 N–H and O–H groups in total. The molecule has 3 fully saturated rings. The first kappa shape index (κ1) is 57.5. The number of aliphatic carboxylic acids is 2. The lowest BCUT2D eigenvalue weighted by Gasteiger charge is -2.33. The molecule has 25 nitrogen and oxygen atoms in total. The van der Waals surface area contributed by atoms with Gasteiger partial charge in [0.2, 0.25) is 23.6 Å². The number of carbonyl (C=O) groups is 8. The third kappa shape index (κ3) is 17.3. The molecule has 400 valence electrons. The van der Waals surface area contributed by atoms with Crippen molar-refractivity contribution in [3.8, 4) is 0 Å². The zero-order valence-corrected chi connectivity index (χ0v) is 41.5. The quantitative estimate of drug-likeness (QED) is 0.0209. The molecule has 0 aromatic heterocycles. The van der Waals surface area contributed by atoms with Gasteiger partial charge in [-0.25, -0.2) is 0 Å². The summed E-state index contributed by atoms with van der Waals surface area (Å²) in [6.07, 6.45) is 3.59. The summed E-state index contributed by atoms with van der Waals surface area (Å²) in [5.41, 5.74) is 15.9. The van der Waals surface area contributed by atoms with Crippen molar-refractivity contribution in [3.63, 3.8) is 0 Å². The molecule has 2 saturated heterocycles. The first-order valence-electron chi connectivity index (χ1n) is 24.8. The number of hydrogen-bond acceptors (Lipinski definition) is 15. The van der Waals surface area contributed by atoms with Gasteiger partial charge in [-0.1, -0.05) is 24.3 Å². The summed E-state index contributed by atoms with van der Waals surface area (Å²) in [6, 6.07) is 9.08. The van der Waals surface area contributed by atoms with Crippen molar-refractivity contribution in [1.29, 1.82) is 0 Å². The van der Waals surface area contributed by atoms with Gasteiger partial charge in [0, 0.05) is 89.7 Å². The van der Waals surface area contributed by atoms with Gasteiger partial charge in [-0.05, 0) is 80.7 Å². The van der Waals surface area contributed by atoms with Crippen molar-refractivity contribution < 1.29 is 58.6 Å². The molecule has 0 bridgehead atoms. The van der Waals surface area contributed by atoms with Crippen LogP contribution in [0.2, 0.25) is 0 Å². The smallest absolute Gasteiger partial charge is 0.475 e. The van der Waals surface area contributed by atoms with Gasteiger partial charge in [-0.15, -0.1) is 0 Å². The molecule has 0 radical (unpaired) electrons. The third-order valence-electron chi connectivity index (χ3n) is 13.5. The van der Waals surface area contributed by atoms with Crippen LogP contribution in [0.25, 0.3) is 10.8 Å². The van der Waals surface area contributed by atoms with Gasteiger partial charge in [0.1, 0.15) is 11.6 Å². The van der Waals surface area contributed by atoms with Crippen molar-refractivity contribution in [2.45, 2.75) is 69.4 Å². The minimum absolute atomic E-state index is 0.0762. The first-order chi connectivity index (χ1) is 34.8. The molecule has 26 heteroatoms. The monoisotopic (exact) mass is 1020 g/mol. The van der Waals surface area contributed by atoms with Gasteiger partial charge in [0.15, 0.2) is 5.96 Å². The zero-order chi connectivity index (χ0) is 53.2. The molecular formula is C47H72BN13O12. The van der Waals surface area contributed by atoms with Crippen LogP contribution in [-0.4, -0.2) is 227 Å². The zero-order valence-electron chi connectivity index (χ0n) is 41.5. The molecule has 1 saturated carbocycles. The van der Waals surface area contributed by atoms with Gasteiger partial charge in [-0.2, -0.15) is 0 Å². The molecule has 1 aliphatic carbocycles. The summed E-state index contributed by atoms with van der Waals surface area (Å²) < 4.78 is 0. The van der Waals surface area contributed by atoms with E-state index in [1.807, 2.05) is 0 Å². The average molecular weight is 1020 g/mol. The van der Waals surface area contributed by atoms with Crippen molar-refractivity contribution in [3.05, 3.63) is 47.5 Å². The number of benzene rings is 2. The number of unbranched alkanes of at least 4 members (excludes halogenated alkanes) is 2. The molecule has 2 heterocycles. The van der Waals surface area contributed by atoms with E-state index >= 15 is 0 Å². The summed E-state index contributed by atoms with van der Waals surface area (Å²) >= 11 is 0. The molecule has 2 aromatic rings. The Labute approximate surface area is 424 Å². The van der Waals surface area contributed by atoms with Gasteiger partial charge >= 0.3 is 19.1 Å². The van der Waals surface area contributed by atoms with Gasteiger partial charge in [0.25, 0.3) is 11.8 Å². The van der Waals surface area contributed by atoms with Crippen LogP contribution < -0.4 is 38.5 Å². The fraction of sp³-hybridized carbons (Fsp3) is 0.596. The Morgan fingerprint density at radius 3 is 1.75 bits per heavy atom. The maximum atomic E-state index is 13.9. The number of fused-ring (bicyclic) bond motifs is 1. The second-order valence-corrected chi connectivity index (χ2v) is 19.0. The predicted octanol–water partition coefficient (Wildman–Crippen LogP) is -3.61. The fourth-order valence-corrected chi connectivity index (χ4v) is 9.56. The average Bonchev–Trinajstić information content (AvgIpc) is 3.77. The molecule has 4 atom stereocenters.